The molecule has 0 saturated carbocycles. The Hall–Kier alpha value is -1.14. The quantitative estimate of drug-likeness (QED) is 0.781. The molecule has 1 unspecified atom stereocenters. The van der Waals surface area contributed by atoms with Gasteiger partial charge in [0.05, 0.1) is 18.8 Å². The molecule has 2 fully saturated rings. The average Bonchev–Trinajstić information content (AvgIpc) is 2.95. The fourth-order valence-corrected chi connectivity index (χ4v) is 2.73. The van der Waals surface area contributed by atoms with Crippen LogP contribution in [0.3, 0.4) is 0 Å². The number of carbonyl (C=O) groups is 2. The topological polar surface area (TPSA) is 61.9 Å². The molecular formula is C14H25N3O3. The first-order chi connectivity index (χ1) is 9.47. The summed E-state index contributed by atoms with van der Waals surface area (Å²) in [6.45, 7) is 6.82. The van der Waals surface area contributed by atoms with E-state index in [-0.39, 0.29) is 17.9 Å². The van der Waals surface area contributed by atoms with Crippen molar-refractivity contribution in [2.75, 3.05) is 39.9 Å². The zero-order chi connectivity index (χ0) is 14.8. The number of hydrogen-bond acceptors (Lipinski definition) is 4. The lowest BCUT2D eigenvalue weighted by atomic mass is 10.0. The van der Waals surface area contributed by atoms with E-state index >= 15 is 0 Å². The number of rotatable bonds is 3. The Labute approximate surface area is 120 Å². The van der Waals surface area contributed by atoms with Gasteiger partial charge in [-0.1, -0.05) is 0 Å². The van der Waals surface area contributed by atoms with E-state index in [1.165, 1.54) is 0 Å². The summed E-state index contributed by atoms with van der Waals surface area (Å²) in [5, 5.41) is 3.02. The first-order valence-electron chi connectivity index (χ1n) is 7.34. The minimum Gasteiger partial charge on any atom is -0.378 e. The first-order valence-corrected chi connectivity index (χ1v) is 7.34. The van der Waals surface area contributed by atoms with Crippen molar-refractivity contribution in [1.82, 2.24) is 15.1 Å². The Kier molecular flexibility index (Phi) is 4.65. The number of likely N-dealkylation sites (N-methyl/N-ethyl adjacent to an activating group) is 1. The van der Waals surface area contributed by atoms with E-state index in [4.69, 9.17) is 4.74 Å². The van der Waals surface area contributed by atoms with Crippen molar-refractivity contribution < 1.29 is 14.3 Å². The van der Waals surface area contributed by atoms with E-state index in [2.05, 4.69) is 5.32 Å². The normalized spacial score (nSPS) is 24.1. The molecule has 114 valence electrons. The molecule has 0 aromatic heterocycles. The minimum absolute atomic E-state index is 0.00381. The highest BCUT2D eigenvalue weighted by molar-refractivity contribution is 5.92. The molecule has 1 atom stereocenters. The summed E-state index contributed by atoms with van der Waals surface area (Å²) in [6.07, 6.45) is 1.66. The number of amides is 2. The molecule has 2 amide bonds. The van der Waals surface area contributed by atoms with E-state index in [9.17, 15) is 9.59 Å². The molecule has 0 bridgehead atoms. The molecular weight excluding hydrogens is 258 g/mol. The molecule has 0 aliphatic carbocycles. The molecule has 20 heavy (non-hydrogen) atoms. The first kappa shape index (κ1) is 15.3. The van der Waals surface area contributed by atoms with Crippen molar-refractivity contribution in [3.05, 3.63) is 0 Å². The van der Waals surface area contributed by atoms with Crippen LogP contribution in [0.1, 0.15) is 26.7 Å². The van der Waals surface area contributed by atoms with E-state index in [1.54, 1.807) is 11.9 Å². The summed E-state index contributed by atoms with van der Waals surface area (Å²) in [6, 6.07) is -0.298. The zero-order valence-electron chi connectivity index (χ0n) is 12.6. The van der Waals surface area contributed by atoms with Gasteiger partial charge in [-0.3, -0.25) is 9.59 Å². The van der Waals surface area contributed by atoms with E-state index in [0.29, 0.717) is 32.8 Å². The Morgan fingerprint density at radius 1 is 1.20 bits per heavy atom. The molecule has 0 aromatic rings. The highest BCUT2D eigenvalue weighted by atomic mass is 16.5. The van der Waals surface area contributed by atoms with Gasteiger partial charge in [-0.15, -0.1) is 0 Å². The number of hydrogen-bond donors (Lipinski definition) is 1. The lowest BCUT2D eigenvalue weighted by Crippen LogP contribution is -2.57. The van der Waals surface area contributed by atoms with Gasteiger partial charge in [0.2, 0.25) is 11.8 Å². The summed E-state index contributed by atoms with van der Waals surface area (Å²) in [4.78, 5) is 28.7. The number of nitrogens with one attached hydrogen (secondary N) is 1. The highest BCUT2D eigenvalue weighted by Crippen LogP contribution is 2.23. The van der Waals surface area contributed by atoms with Crippen LogP contribution in [0.5, 0.6) is 0 Å². The molecule has 0 aromatic carbocycles. The summed E-state index contributed by atoms with van der Waals surface area (Å²) >= 11 is 0. The van der Waals surface area contributed by atoms with Crippen LogP contribution in [-0.2, 0) is 14.3 Å². The Balaban J connectivity index is 2.06. The van der Waals surface area contributed by atoms with Gasteiger partial charge < -0.3 is 19.9 Å². The second-order valence-corrected chi connectivity index (χ2v) is 5.97. The van der Waals surface area contributed by atoms with Crippen LogP contribution in [0, 0.1) is 0 Å². The predicted molar refractivity (Wildman–Crippen MR) is 75.3 cm³/mol. The number of carbonyl (C=O) groups excluding carboxylic acids is 2. The van der Waals surface area contributed by atoms with Crippen molar-refractivity contribution in [3.63, 3.8) is 0 Å². The molecule has 2 rings (SSSR count). The minimum atomic E-state index is -0.631. The van der Waals surface area contributed by atoms with Gasteiger partial charge in [-0.05, 0) is 33.7 Å². The number of nitrogens with zero attached hydrogens (tertiary/aromatic N) is 2. The Morgan fingerprint density at radius 2 is 1.85 bits per heavy atom. The highest BCUT2D eigenvalue weighted by Gasteiger charge is 2.41. The van der Waals surface area contributed by atoms with Crippen molar-refractivity contribution in [1.29, 1.82) is 0 Å². The third-order valence-electron chi connectivity index (χ3n) is 4.28. The van der Waals surface area contributed by atoms with Gasteiger partial charge in [0, 0.05) is 19.6 Å². The predicted octanol–water partition coefficient (Wildman–Crippen LogP) is -0.166. The number of ether oxygens (including phenoxy) is 1. The van der Waals surface area contributed by atoms with E-state index < -0.39 is 5.54 Å². The van der Waals surface area contributed by atoms with Crippen LogP contribution in [0.25, 0.3) is 0 Å². The maximum Gasteiger partial charge on any atom is 0.245 e. The molecule has 6 nitrogen and oxygen atoms in total. The molecule has 2 saturated heterocycles. The van der Waals surface area contributed by atoms with Crippen LogP contribution in [0.4, 0.5) is 0 Å². The molecule has 0 radical (unpaired) electrons. The van der Waals surface area contributed by atoms with Crippen molar-refractivity contribution in [3.8, 4) is 0 Å². The fourth-order valence-electron chi connectivity index (χ4n) is 2.73. The van der Waals surface area contributed by atoms with Gasteiger partial charge in [0.15, 0.2) is 0 Å². The monoisotopic (exact) mass is 283 g/mol. The van der Waals surface area contributed by atoms with Gasteiger partial charge in [-0.2, -0.15) is 0 Å². The van der Waals surface area contributed by atoms with Crippen LogP contribution in [-0.4, -0.2) is 73.1 Å². The average molecular weight is 283 g/mol. The molecule has 6 heteroatoms. The maximum absolute atomic E-state index is 12.6. The summed E-state index contributed by atoms with van der Waals surface area (Å²) < 4.78 is 5.27. The van der Waals surface area contributed by atoms with Crippen molar-refractivity contribution in [2.24, 2.45) is 0 Å². The molecule has 0 spiro atoms. The molecule has 1 N–H and O–H groups in total. The molecule has 2 aliphatic rings. The largest absolute Gasteiger partial charge is 0.378 e. The van der Waals surface area contributed by atoms with Gasteiger partial charge in [0.1, 0.15) is 6.04 Å². The van der Waals surface area contributed by atoms with E-state index in [0.717, 1.165) is 12.8 Å². The third-order valence-corrected chi connectivity index (χ3v) is 4.28. The van der Waals surface area contributed by atoms with Gasteiger partial charge >= 0.3 is 0 Å². The fraction of sp³-hybridized carbons (Fsp3) is 0.857. The van der Waals surface area contributed by atoms with Crippen LogP contribution in [0.15, 0.2) is 0 Å². The summed E-state index contributed by atoms with van der Waals surface area (Å²) in [5.41, 5.74) is -0.631. The van der Waals surface area contributed by atoms with Gasteiger partial charge in [-0.25, -0.2) is 0 Å². The number of morpholine rings is 1. The Bertz CT molecular complexity index is 378. The summed E-state index contributed by atoms with van der Waals surface area (Å²) in [7, 11) is 1.77. The second-order valence-electron chi connectivity index (χ2n) is 5.97. The van der Waals surface area contributed by atoms with Crippen LogP contribution in [0.2, 0.25) is 0 Å². The standard InChI is InChI=1S/C14H25N3O3/c1-14(2,15-3)13(19)17-6-4-5-11(17)12(18)16-7-9-20-10-8-16/h11,15H,4-10H2,1-3H3. The van der Waals surface area contributed by atoms with Crippen LogP contribution < -0.4 is 5.32 Å². The van der Waals surface area contributed by atoms with Gasteiger partial charge in [0.25, 0.3) is 0 Å². The van der Waals surface area contributed by atoms with E-state index in [1.807, 2.05) is 18.7 Å². The van der Waals surface area contributed by atoms with Crippen LogP contribution >= 0.6 is 0 Å². The second kappa shape index (κ2) is 6.10. The maximum atomic E-state index is 12.6. The lowest BCUT2D eigenvalue weighted by molar-refractivity contribution is -0.148. The smallest absolute Gasteiger partial charge is 0.245 e. The zero-order valence-corrected chi connectivity index (χ0v) is 12.6. The summed E-state index contributed by atoms with van der Waals surface area (Å²) in [5.74, 6) is 0.0789. The Morgan fingerprint density at radius 3 is 2.45 bits per heavy atom. The lowest BCUT2D eigenvalue weighted by Gasteiger charge is -2.35. The number of likely N-dealkylation sites (tertiary alicyclic amines) is 1. The molecule has 2 aliphatic heterocycles. The van der Waals surface area contributed by atoms with Crippen molar-refractivity contribution >= 4 is 11.8 Å². The molecule has 2 heterocycles. The van der Waals surface area contributed by atoms with Crippen molar-refractivity contribution in [2.45, 2.75) is 38.3 Å². The SMILES string of the molecule is CNC(C)(C)C(=O)N1CCCC1C(=O)N1CCOCC1. The third kappa shape index (κ3) is 2.96.